The van der Waals surface area contributed by atoms with Crippen molar-refractivity contribution in [1.82, 2.24) is 30.3 Å². The maximum absolute atomic E-state index is 14.1. The van der Waals surface area contributed by atoms with Crippen molar-refractivity contribution in [3.8, 4) is 5.69 Å². The lowest BCUT2D eigenvalue weighted by molar-refractivity contribution is -0.122. The Balaban J connectivity index is 1.54. The minimum Gasteiger partial charge on any atom is -0.364 e. The first-order valence-electron chi connectivity index (χ1n) is 10.4. The third-order valence-electron chi connectivity index (χ3n) is 5.63. The summed E-state index contributed by atoms with van der Waals surface area (Å²) in [5, 5.41) is 20.6. The zero-order valence-electron chi connectivity index (χ0n) is 18.3. The van der Waals surface area contributed by atoms with Crippen LogP contribution in [0.3, 0.4) is 0 Å². The van der Waals surface area contributed by atoms with E-state index in [9.17, 15) is 14.0 Å². The van der Waals surface area contributed by atoms with E-state index < -0.39 is 17.5 Å². The zero-order chi connectivity index (χ0) is 23.3. The van der Waals surface area contributed by atoms with Crippen LogP contribution in [0.25, 0.3) is 5.69 Å². The van der Waals surface area contributed by atoms with Crippen LogP contribution in [0.5, 0.6) is 0 Å². The maximum atomic E-state index is 14.1. The molecule has 0 spiro atoms. The third kappa shape index (κ3) is 3.62. The molecule has 3 aromatic rings. The van der Waals surface area contributed by atoms with Gasteiger partial charge in [-0.25, -0.2) is 14.1 Å². The Morgan fingerprint density at radius 1 is 1.18 bits per heavy atom. The number of hydrogen-bond donors (Lipinski definition) is 3. The highest BCUT2D eigenvalue weighted by Crippen LogP contribution is 2.41. The Hall–Kier alpha value is -4.09. The Morgan fingerprint density at radius 3 is 2.70 bits per heavy atom. The number of carbonyl (C=O) groups is 2. The molecule has 0 atom stereocenters. The van der Waals surface area contributed by atoms with E-state index in [0.717, 1.165) is 17.2 Å². The molecule has 1 aliphatic heterocycles. The first-order valence-corrected chi connectivity index (χ1v) is 10.4. The lowest BCUT2D eigenvalue weighted by atomic mass is 10.1. The summed E-state index contributed by atoms with van der Waals surface area (Å²) in [5.74, 6) is 0.320. The summed E-state index contributed by atoms with van der Waals surface area (Å²) in [5.41, 5.74) is 0.850. The number of halogens is 1. The number of rotatable bonds is 5. The zero-order valence-corrected chi connectivity index (χ0v) is 18.3. The number of para-hydroxylation sites is 1. The average Bonchev–Trinajstić information content (AvgIpc) is 3.43. The molecule has 1 fully saturated rings. The molecule has 2 amide bonds. The number of benzene rings is 1. The van der Waals surface area contributed by atoms with Gasteiger partial charge in [-0.15, -0.1) is 10.2 Å². The van der Waals surface area contributed by atoms with Gasteiger partial charge in [-0.1, -0.05) is 6.07 Å². The smallest absolute Gasteiger partial charge is 0.273 e. The molecule has 3 N–H and O–H groups in total. The first-order chi connectivity index (χ1) is 15.8. The van der Waals surface area contributed by atoms with Crippen LogP contribution in [0.1, 0.15) is 35.0 Å². The Morgan fingerprint density at radius 2 is 1.97 bits per heavy atom. The fourth-order valence-corrected chi connectivity index (χ4v) is 3.79. The number of aromatic nitrogens is 5. The van der Waals surface area contributed by atoms with Crippen molar-refractivity contribution in [3.05, 3.63) is 41.6 Å². The summed E-state index contributed by atoms with van der Waals surface area (Å²) in [7, 11) is 3.42. The van der Waals surface area contributed by atoms with E-state index >= 15 is 0 Å². The highest BCUT2D eigenvalue weighted by molar-refractivity contribution is 6.01. The predicted molar refractivity (Wildman–Crippen MR) is 119 cm³/mol. The molecule has 170 valence electrons. The lowest BCUT2D eigenvalue weighted by Gasteiger charge is -2.29. The number of amides is 2. The van der Waals surface area contributed by atoms with Gasteiger partial charge < -0.3 is 20.9 Å². The van der Waals surface area contributed by atoms with E-state index in [0.29, 0.717) is 23.7 Å². The fraction of sp³-hybridized carbons (Fsp3) is 0.333. The molecule has 0 radical (unpaired) electrons. The molecule has 2 aliphatic rings. The van der Waals surface area contributed by atoms with Gasteiger partial charge >= 0.3 is 0 Å². The molecule has 12 heteroatoms. The average molecular weight is 451 g/mol. The summed E-state index contributed by atoms with van der Waals surface area (Å²) in [4.78, 5) is 31.0. The van der Waals surface area contributed by atoms with E-state index in [4.69, 9.17) is 0 Å². The third-order valence-corrected chi connectivity index (χ3v) is 5.63. The number of anilines is 4. The second kappa shape index (κ2) is 7.50. The highest BCUT2D eigenvalue weighted by atomic mass is 19.1. The van der Waals surface area contributed by atoms with E-state index in [-0.39, 0.29) is 24.4 Å². The van der Waals surface area contributed by atoms with Gasteiger partial charge in [0.25, 0.3) is 11.8 Å². The molecule has 0 unspecified atom stereocenters. The first kappa shape index (κ1) is 20.8. The Kier molecular flexibility index (Phi) is 4.73. The van der Waals surface area contributed by atoms with Crippen LogP contribution in [0, 0.1) is 6.92 Å². The second-order valence-electron chi connectivity index (χ2n) is 8.13. The van der Waals surface area contributed by atoms with Crippen LogP contribution >= 0.6 is 0 Å². The molecule has 1 saturated carbocycles. The van der Waals surface area contributed by atoms with Gasteiger partial charge in [0.15, 0.2) is 23.0 Å². The molecule has 1 aliphatic carbocycles. The topological polar surface area (TPSA) is 130 Å². The van der Waals surface area contributed by atoms with Crippen LogP contribution in [0.15, 0.2) is 24.3 Å². The molecular formula is C21H22FN9O2. The van der Waals surface area contributed by atoms with Crippen molar-refractivity contribution in [2.75, 3.05) is 29.6 Å². The molecule has 11 nitrogen and oxygen atoms in total. The Labute approximate surface area is 188 Å². The van der Waals surface area contributed by atoms with Gasteiger partial charge in [-0.3, -0.25) is 9.59 Å². The standard InChI is InChI=1S/C21H22FN9O2/c1-11-24-16-10-30(3)18-12(5-4-6-14(18)31(16)29-11)25-13-9-15(26-20(33)21(22)7-8-21)27-28-17(13)19(32)23-2/h4-6,9H,7-8,10H2,1-3H3,(H,23,32)(H2,25,26,27,33). The summed E-state index contributed by atoms with van der Waals surface area (Å²) in [6.07, 6.45) is 0.361. The summed E-state index contributed by atoms with van der Waals surface area (Å²) >= 11 is 0. The summed E-state index contributed by atoms with van der Waals surface area (Å²) < 4.78 is 15.9. The fourth-order valence-electron chi connectivity index (χ4n) is 3.79. The van der Waals surface area contributed by atoms with Crippen molar-refractivity contribution in [3.63, 3.8) is 0 Å². The van der Waals surface area contributed by atoms with E-state index in [1.807, 2.05) is 37.1 Å². The van der Waals surface area contributed by atoms with Crippen LogP contribution in [-0.4, -0.2) is 56.5 Å². The van der Waals surface area contributed by atoms with Crippen molar-refractivity contribution in [2.24, 2.45) is 0 Å². The second-order valence-corrected chi connectivity index (χ2v) is 8.13. The molecule has 2 aromatic heterocycles. The van der Waals surface area contributed by atoms with Gasteiger partial charge in [0.2, 0.25) is 0 Å². The number of alkyl halides is 1. The van der Waals surface area contributed by atoms with Gasteiger partial charge in [0, 0.05) is 20.2 Å². The van der Waals surface area contributed by atoms with E-state index in [1.54, 1.807) is 4.68 Å². The molecular weight excluding hydrogens is 429 g/mol. The minimum absolute atomic E-state index is 0.0326. The van der Waals surface area contributed by atoms with Crippen molar-refractivity contribution in [2.45, 2.75) is 32.0 Å². The van der Waals surface area contributed by atoms with Crippen molar-refractivity contribution < 1.29 is 14.0 Å². The number of carbonyl (C=O) groups excluding carboxylic acids is 2. The highest BCUT2D eigenvalue weighted by Gasteiger charge is 2.51. The quantitative estimate of drug-likeness (QED) is 0.536. The SMILES string of the molecule is CNC(=O)c1nnc(NC(=O)C2(F)CC2)cc1Nc1cccc2c1N(C)Cc1nc(C)nn1-2. The number of fused-ring (bicyclic) bond motifs is 3. The molecule has 5 rings (SSSR count). The number of nitrogens with zero attached hydrogens (tertiary/aromatic N) is 6. The minimum atomic E-state index is -1.86. The largest absolute Gasteiger partial charge is 0.364 e. The number of hydrogen-bond acceptors (Lipinski definition) is 8. The molecule has 0 bridgehead atoms. The van der Waals surface area contributed by atoms with Gasteiger partial charge in [-0.05, 0) is 31.9 Å². The molecule has 1 aromatic carbocycles. The van der Waals surface area contributed by atoms with E-state index in [1.165, 1.54) is 13.1 Å². The van der Waals surface area contributed by atoms with Gasteiger partial charge in [-0.2, -0.15) is 5.10 Å². The molecule has 33 heavy (non-hydrogen) atoms. The molecule has 0 saturated heterocycles. The van der Waals surface area contributed by atoms with E-state index in [2.05, 4.69) is 36.2 Å². The van der Waals surface area contributed by atoms with Crippen LogP contribution in [0.2, 0.25) is 0 Å². The van der Waals surface area contributed by atoms with Crippen LogP contribution in [0.4, 0.5) is 27.3 Å². The lowest BCUT2D eigenvalue weighted by Crippen LogP contribution is -2.28. The van der Waals surface area contributed by atoms with Gasteiger partial charge in [0.1, 0.15) is 5.82 Å². The molecule has 3 heterocycles. The van der Waals surface area contributed by atoms with Crippen LogP contribution in [-0.2, 0) is 11.3 Å². The van der Waals surface area contributed by atoms with Crippen molar-refractivity contribution in [1.29, 1.82) is 0 Å². The van der Waals surface area contributed by atoms with Crippen molar-refractivity contribution >= 4 is 34.7 Å². The Bertz CT molecular complexity index is 1280. The van der Waals surface area contributed by atoms with Gasteiger partial charge in [0.05, 0.1) is 29.3 Å². The normalized spacial score (nSPS) is 15.3. The number of aryl methyl sites for hydroxylation is 1. The number of nitrogens with one attached hydrogen (secondary N) is 3. The van der Waals surface area contributed by atoms with Crippen LogP contribution < -0.4 is 20.9 Å². The summed E-state index contributed by atoms with van der Waals surface area (Å²) in [6, 6.07) is 7.11. The monoisotopic (exact) mass is 451 g/mol. The summed E-state index contributed by atoms with van der Waals surface area (Å²) in [6.45, 7) is 2.38. The maximum Gasteiger partial charge on any atom is 0.273 e. The predicted octanol–water partition coefficient (Wildman–Crippen LogP) is 1.86.